The molecule has 7 nitrogen and oxygen atoms in total. The minimum Gasteiger partial charge on any atom is -0.399 e. The normalized spacial score (nSPS) is 9.89. The van der Waals surface area contributed by atoms with Gasteiger partial charge in [-0.3, -0.25) is 4.72 Å². The molecule has 0 saturated heterocycles. The number of rotatable bonds is 16. The Balaban J connectivity index is 0. The molecule has 8 heteroatoms. The zero-order valence-electron chi connectivity index (χ0n) is 17.9. The number of nitrogens with one attached hydrogen (secondary N) is 1. The minimum absolute atomic E-state index is 0.0404. The van der Waals surface area contributed by atoms with Gasteiger partial charge in [0.15, 0.2) is 0 Å². The van der Waals surface area contributed by atoms with Crippen molar-refractivity contribution in [3.8, 4) is 0 Å². The Hall–Kier alpha value is -0.870. The molecule has 0 unspecified atom stereocenters. The molecule has 0 radical (unpaired) electrons. The number of ether oxygens (including phenoxy) is 4. The van der Waals surface area contributed by atoms with Gasteiger partial charge in [-0.05, 0) is 36.2 Å². The van der Waals surface area contributed by atoms with E-state index < -0.39 is 0 Å². The molecule has 0 aliphatic carbocycles. The molecule has 0 atom stereocenters. The lowest BCUT2D eigenvalue weighted by Crippen LogP contribution is -2.16. The smallest absolute Gasteiger partial charge is 0.0701 e. The predicted molar refractivity (Wildman–Crippen MR) is 118 cm³/mol. The molecule has 28 heavy (non-hydrogen) atoms. The monoisotopic (exact) mass is 420 g/mol. The van der Waals surface area contributed by atoms with E-state index >= 15 is 0 Å². The second-order valence-corrected chi connectivity index (χ2v) is 5.70. The van der Waals surface area contributed by atoms with Gasteiger partial charge in [0.1, 0.15) is 0 Å². The van der Waals surface area contributed by atoms with Crippen molar-refractivity contribution in [2.45, 2.75) is 32.6 Å². The van der Waals surface area contributed by atoms with Gasteiger partial charge in [-0.15, -0.1) is 0 Å². The van der Waals surface area contributed by atoms with Crippen molar-refractivity contribution in [1.82, 2.24) is 4.72 Å². The number of aliphatic hydroxyl groups excluding tert-OH is 1. The van der Waals surface area contributed by atoms with Gasteiger partial charge in [-0.25, -0.2) is 0 Å². The number of nitrogen functional groups attached to an aromatic ring is 1. The number of hydrogen-bond acceptors (Lipinski definition) is 8. The molecule has 0 saturated carbocycles. The van der Waals surface area contributed by atoms with Gasteiger partial charge in [0.05, 0.1) is 59.5 Å². The zero-order valence-corrected chi connectivity index (χ0v) is 18.8. The first-order chi connectivity index (χ1) is 13.8. The van der Waals surface area contributed by atoms with Crippen LogP contribution in [0.5, 0.6) is 0 Å². The second kappa shape index (κ2) is 26.1. The molecule has 0 spiro atoms. The second-order valence-electron chi connectivity index (χ2n) is 4.74. The van der Waals surface area contributed by atoms with Crippen LogP contribution in [0.3, 0.4) is 0 Å². The molecule has 1 rings (SSSR count). The molecule has 166 valence electrons. The Labute approximate surface area is 175 Å². The van der Waals surface area contributed by atoms with Crippen LogP contribution in [0.4, 0.5) is 5.69 Å². The third-order valence-corrected chi connectivity index (χ3v) is 3.63. The first kappa shape index (κ1) is 29.3. The summed E-state index contributed by atoms with van der Waals surface area (Å²) < 4.78 is 24.4. The quantitative estimate of drug-likeness (QED) is 0.213. The van der Waals surface area contributed by atoms with E-state index in [9.17, 15) is 0 Å². The molecule has 0 aromatic heterocycles. The first-order valence-electron chi connectivity index (χ1n) is 10.00. The van der Waals surface area contributed by atoms with Crippen LogP contribution >= 0.6 is 11.9 Å². The zero-order chi connectivity index (χ0) is 21.3. The minimum atomic E-state index is 0.0404. The SMILES string of the molecule is CC.CC.Nc1ccc(SNCCOCCOCCOCCOCCO)cc1. The molecule has 0 heterocycles. The molecule has 0 fully saturated rings. The van der Waals surface area contributed by atoms with E-state index in [1.54, 1.807) is 11.9 Å². The Bertz CT molecular complexity index is 397. The van der Waals surface area contributed by atoms with Crippen molar-refractivity contribution >= 4 is 17.6 Å². The largest absolute Gasteiger partial charge is 0.399 e. The molecule has 1 aromatic rings. The highest BCUT2D eigenvalue weighted by molar-refractivity contribution is 7.97. The van der Waals surface area contributed by atoms with Gasteiger partial charge in [0, 0.05) is 17.1 Å². The third kappa shape index (κ3) is 21.4. The molecule has 0 bridgehead atoms. The van der Waals surface area contributed by atoms with Gasteiger partial charge in [0.2, 0.25) is 0 Å². The van der Waals surface area contributed by atoms with Crippen molar-refractivity contribution in [3.63, 3.8) is 0 Å². The van der Waals surface area contributed by atoms with Gasteiger partial charge in [-0.1, -0.05) is 27.7 Å². The number of hydrogen-bond donors (Lipinski definition) is 3. The predicted octanol–water partition coefficient (Wildman–Crippen LogP) is 2.98. The maximum absolute atomic E-state index is 8.51. The first-order valence-corrected chi connectivity index (χ1v) is 10.8. The third-order valence-electron chi connectivity index (χ3n) is 2.77. The molecule has 0 amide bonds. The molecule has 1 aromatic carbocycles. The van der Waals surface area contributed by atoms with Crippen molar-refractivity contribution in [3.05, 3.63) is 24.3 Å². The highest BCUT2D eigenvalue weighted by Gasteiger charge is 1.95. The van der Waals surface area contributed by atoms with Crippen LogP contribution in [0.25, 0.3) is 0 Å². The summed E-state index contributed by atoms with van der Waals surface area (Å²) in [6.07, 6.45) is 0. The number of anilines is 1. The fourth-order valence-electron chi connectivity index (χ4n) is 1.61. The number of aliphatic hydroxyl groups is 1. The summed E-state index contributed by atoms with van der Waals surface area (Å²) >= 11 is 1.56. The highest BCUT2D eigenvalue weighted by Crippen LogP contribution is 2.15. The lowest BCUT2D eigenvalue weighted by molar-refractivity contribution is -0.00494. The lowest BCUT2D eigenvalue weighted by Gasteiger charge is -2.08. The maximum Gasteiger partial charge on any atom is 0.0701 e. The van der Waals surface area contributed by atoms with E-state index in [0.717, 1.165) is 17.1 Å². The average Bonchev–Trinajstić information content (AvgIpc) is 2.75. The lowest BCUT2D eigenvalue weighted by atomic mass is 10.3. The molecule has 4 N–H and O–H groups in total. The Morgan fingerprint density at radius 2 is 1.18 bits per heavy atom. The highest BCUT2D eigenvalue weighted by atomic mass is 32.2. The van der Waals surface area contributed by atoms with Crippen LogP contribution in [0.15, 0.2) is 29.2 Å². The van der Waals surface area contributed by atoms with Gasteiger partial charge < -0.3 is 29.8 Å². The summed E-state index contributed by atoms with van der Waals surface area (Å²) in [5.74, 6) is 0. The topological polar surface area (TPSA) is 95.2 Å². The summed E-state index contributed by atoms with van der Waals surface area (Å²) in [6, 6.07) is 7.71. The van der Waals surface area contributed by atoms with E-state index in [0.29, 0.717) is 52.9 Å². The van der Waals surface area contributed by atoms with Crippen LogP contribution < -0.4 is 10.5 Å². The average molecular weight is 421 g/mol. The summed E-state index contributed by atoms with van der Waals surface area (Å²) in [6.45, 7) is 13.0. The van der Waals surface area contributed by atoms with Crippen LogP contribution in [0.1, 0.15) is 27.7 Å². The fourth-order valence-corrected chi connectivity index (χ4v) is 2.23. The van der Waals surface area contributed by atoms with E-state index in [1.165, 1.54) is 0 Å². The Kier molecular flexibility index (Phi) is 27.4. The van der Waals surface area contributed by atoms with Gasteiger partial charge in [-0.2, -0.15) is 0 Å². The van der Waals surface area contributed by atoms with Crippen molar-refractivity contribution in [2.24, 2.45) is 0 Å². The molecular weight excluding hydrogens is 380 g/mol. The van der Waals surface area contributed by atoms with Crippen molar-refractivity contribution in [2.75, 3.05) is 71.7 Å². The summed E-state index contributed by atoms with van der Waals surface area (Å²) in [5.41, 5.74) is 6.40. The Morgan fingerprint density at radius 1 is 0.750 bits per heavy atom. The fraction of sp³-hybridized carbons (Fsp3) is 0.700. The number of benzene rings is 1. The number of nitrogens with two attached hydrogens (primary N) is 1. The van der Waals surface area contributed by atoms with E-state index in [4.69, 9.17) is 29.8 Å². The van der Waals surface area contributed by atoms with Crippen LogP contribution in [0, 0.1) is 0 Å². The van der Waals surface area contributed by atoms with Crippen LogP contribution in [0.2, 0.25) is 0 Å². The van der Waals surface area contributed by atoms with Crippen LogP contribution in [-0.4, -0.2) is 71.1 Å². The van der Waals surface area contributed by atoms with E-state index in [1.807, 2.05) is 52.0 Å². The maximum atomic E-state index is 8.51. The summed E-state index contributed by atoms with van der Waals surface area (Å²) in [7, 11) is 0. The standard InChI is InChI=1S/C16H28N2O5S.2C2H6/c17-15-1-3-16(4-2-15)24-18-5-7-20-9-11-22-13-14-23-12-10-21-8-6-19;2*1-2/h1-4,18-19H,5-14,17H2;2*1-2H3. The molecule has 0 aliphatic heterocycles. The van der Waals surface area contributed by atoms with Crippen molar-refractivity contribution in [1.29, 1.82) is 0 Å². The van der Waals surface area contributed by atoms with E-state index in [-0.39, 0.29) is 6.61 Å². The summed E-state index contributed by atoms with van der Waals surface area (Å²) in [5, 5.41) is 8.51. The van der Waals surface area contributed by atoms with Crippen LogP contribution in [-0.2, 0) is 18.9 Å². The van der Waals surface area contributed by atoms with E-state index in [2.05, 4.69) is 4.72 Å². The molecule has 0 aliphatic rings. The van der Waals surface area contributed by atoms with Crippen molar-refractivity contribution < 1.29 is 24.1 Å². The Morgan fingerprint density at radius 3 is 1.64 bits per heavy atom. The van der Waals surface area contributed by atoms with Gasteiger partial charge >= 0.3 is 0 Å². The van der Waals surface area contributed by atoms with Gasteiger partial charge in [0.25, 0.3) is 0 Å². The summed E-state index contributed by atoms with van der Waals surface area (Å²) in [4.78, 5) is 1.12. The molecular formula is C20H40N2O5S.